The molecule has 8 heteroatoms. The lowest BCUT2D eigenvalue weighted by Gasteiger charge is -2.07. The highest BCUT2D eigenvalue weighted by molar-refractivity contribution is 7.89. The van der Waals surface area contributed by atoms with Crippen molar-refractivity contribution in [1.29, 1.82) is 0 Å². The van der Waals surface area contributed by atoms with E-state index in [1.165, 1.54) is 17.5 Å². The van der Waals surface area contributed by atoms with E-state index in [1.807, 2.05) is 0 Å². The highest BCUT2D eigenvalue weighted by Crippen LogP contribution is 2.33. The summed E-state index contributed by atoms with van der Waals surface area (Å²) in [5.41, 5.74) is 0.674. The van der Waals surface area contributed by atoms with E-state index in [0.717, 1.165) is 18.8 Å². The zero-order chi connectivity index (χ0) is 15.6. The van der Waals surface area contributed by atoms with E-state index in [1.54, 1.807) is 13.8 Å². The van der Waals surface area contributed by atoms with Gasteiger partial charge in [0.05, 0.1) is 11.4 Å². The highest BCUT2D eigenvalue weighted by atomic mass is 32.2. The van der Waals surface area contributed by atoms with Gasteiger partial charge in [-0.3, -0.25) is 9.48 Å². The molecular formula is C13H21N3O4S. The van der Waals surface area contributed by atoms with Crippen LogP contribution in [0, 0.1) is 19.8 Å². The van der Waals surface area contributed by atoms with Crippen molar-refractivity contribution in [2.45, 2.75) is 51.0 Å². The van der Waals surface area contributed by atoms with Gasteiger partial charge in [-0.15, -0.1) is 0 Å². The number of carboxylic acids is 1. The lowest BCUT2D eigenvalue weighted by Crippen LogP contribution is -2.26. The van der Waals surface area contributed by atoms with Crippen LogP contribution in [0.4, 0.5) is 0 Å². The molecule has 1 aromatic rings. The first kappa shape index (κ1) is 16.0. The molecule has 0 atom stereocenters. The van der Waals surface area contributed by atoms with Crippen LogP contribution in [0.5, 0.6) is 0 Å². The Morgan fingerprint density at radius 3 is 2.67 bits per heavy atom. The van der Waals surface area contributed by atoms with Gasteiger partial charge in [0.25, 0.3) is 0 Å². The molecule has 21 heavy (non-hydrogen) atoms. The second-order valence-corrected chi connectivity index (χ2v) is 7.24. The number of aliphatic carboxylic acids is 1. The van der Waals surface area contributed by atoms with Crippen LogP contribution in [0.15, 0.2) is 4.90 Å². The number of carboxylic acid groups (broad SMARTS) is 1. The molecule has 0 saturated heterocycles. The minimum absolute atomic E-state index is 0.0928. The Bertz CT molecular complexity index is 632. The van der Waals surface area contributed by atoms with E-state index in [4.69, 9.17) is 5.11 Å². The largest absolute Gasteiger partial charge is 0.480 e. The van der Waals surface area contributed by atoms with Gasteiger partial charge in [-0.2, -0.15) is 5.10 Å². The zero-order valence-corrected chi connectivity index (χ0v) is 13.1. The van der Waals surface area contributed by atoms with Crippen LogP contribution in [-0.4, -0.2) is 35.8 Å². The molecule has 0 bridgehead atoms. The molecule has 1 aromatic heterocycles. The van der Waals surface area contributed by atoms with Crippen LogP contribution >= 0.6 is 0 Å². The highest BCUT2D eigenvalue weighted by Gasteiger charge is 2.25. The van der Waals surface area contributed by atoms with E-state index in [2.05, 4.69) is 9.82 Å². The number of hydrogen-bond acceptors (Lipinski definition) is 4. The van der Waals surface area contributed by atoms with Gasteiger partial charge in [0.1, 0.15) is 11.4 Å². The standard InChI is InChI=1S/C13H21N3O4S/c1-9-13(10(2)16(15-9)8-12(17)18)21(19,20)14-7-3-4-11-5-6-11/h11,14H,3-8H2,1-2H3,(H,17,18). The molecule has 0 amide bonds. The SMILES string of the molecule is Cc1nn(CC(=O)O)c(C)c1S(=O)(=O)NCCCC1CC1. The lowest BCUT2D eigenvalue weighted by molar-refractivity contribution is -0.137. The molecule has 2 N–H and O–H groups in total. The third kappa shape index (κ3) is 4.04. The van der Waals surface area contributed by atoms with E-state index in [0.29, 0.717) is 17.9 Å². The summed E-state index contributed by atoms with van der Waals surface area (Å²) in [6.45, 7) is 3.21. The van der Waals surface area contributed by atoms with Crippen LogP contribution in [-0.2, 0) is 21.4 Å². The second kappa shape index (κ2) is 6.15. The summed E-state index contributed by atoms with van der Waals surface area (Å²) < 4.78 is 28.4. The first-order valence-corrected chi connectivity index (χ1v) is 8.55. The van der Waals surface area contributed by atoms with E-state index >= 15 is 0 Å². The first-order chi connectivity index (χ1) is 9.81. The first-order valence-electron chi connectivity index (χ1n) is 7.06. The number of hydrogen-bond donors (Lipinski definition) is 2. The van der Waals surface area contributed by atoms with Gasteiger partial charge in [0, 0.05) is 6.54 Å². The zero-order valence-electron chi connectivity index (χ0n) is 12.3. The topological polar surface area (TPSA) is 101 Å². The van der Waals surface area contributed by atoms with E-state index < -0.39 is 16.0 Å². The van der Waals surface area contributed by atoms with Crippen molar-refractivity contribution in [3.8, 4) is 0 Å². The Hall–Kier alpha value is -1.41. The molecule has 0 spiro atoms. The molecular weight excluding hydrogens is 294 g/mol. The predicted octanol–water partition coefficient (Wildman–Crippen LogP) is 1.05. The molecule has 0 radical (unpaired) electrons. The maximum Gasteiger partial charge on any atom is 0.325 e. The summed E-state index contributed by atoms with van der Waals surface area (Å²) in [6, 6.07) is 0. The van der Waals surface area contributed by atoms with Crippen molar-refractivity contribution in [3.05, 3.63) is 11.4 Å². The minimum Gasteiger partial charge on any atom is -0.480 e. The van der Waals surface area contributed by atoms with Crippen LogP contribution < -0.4 is 4.72 Å². The summed E-state index contributed by atoms with van der Waals surface area (Å²) in [6.07, 6.45) is 4.39. The summed E-state index contributed by atoms with van der Waals surface area (Å²) in [4.78, 5) is 10.8. The number of sulfonamides is 1. The van der Waals surface area contributed by atoms with Crippen molar-refractivity contribution in [2.75, 3.05) is 6.54 Å². The molecule has 7 nitrogen and oxygen atoms in total. The monoisotopic (exact) mass is 315 g/mol. The van der Waals surface area contributed by atoms with Gasteiger partial charge in [0.2, 0.25) is 10.0 Å². The number of carbonyl (C=O) groups is 1. The number of nitrogens with one attached hydrogen (secondary N) is 1. The van der Waals surface area contributed by atoms with Gasteiger partial charge in [-0.1, -0.05) is 12.8 Å². The Kier molecular flexibility index (Phi) is 4.67. The summed E-state index contributed by atoms with van der Waals surface area (Å²) >= 11 is 0. The summed E-state index contributed by atoms with van der Waals surface area (Å²) in [7, 11) is -3.64. The van der Waals surface area contributed by atoms with Crippen molar-refractivity contribution in [2.24, 2.45) is 5.92 Å². The quantitative estimate of drug-likeness (QED) is 0.698. The molecule has 0 unspecified atom stereocenters. The molecule has 1 aliphatic carbocycles. The van der Waals surface area contributed by atoms with Crippen molar-refractivity contribution < 1.29 is 18.3 Å². The van der Waals surface area contributed by atoms with Crippen molar-refractivity contribution >= 4 is 16.0 Å². The van der Waals surface area contributed by atoms with E-state index in [9.17, 15) is 13.2 Å². The number of rotatable bonds is 8. The fourth-order valence-electron chi connectivity index (χ4n) is 2.43. The van der Waals surface area contributed by atoms with E-state index in [-0.39, 0.29) is 11.4 Å². The Morgan fingerprint density at radius 2 is 2.10 bits per heavy atom. The summed E-state index contributed by atoms with van der Waals surface area (Å²) in [5.74, 6) is -0.279. The third-order valence-electron chi connectivity index (χ3n) is 3.65. The van der Waals surface area contributed by atoms with Crippen molar-refractivity contribution in [3.63, 3.8) is 0 Å². The van der Waals surface area contributed by atoms with Gasteiger partial charge < -0.3 is 5.11 Å². The smallest absolute Gasteiger partial charge is 0.325 e. The Morgan fingerprint density at radius 1 is 1.43 bits per heavy atom. The second-order valence-electron chi connectivity index (χ2n) is 5.53. The molecule has 2 rings (SSSR count). The average molecular weight is 315 g/mol. The summed E-state index contributed by atoms with van der Waals surface area (Å²) in [5, 5.41) is 12.8. The van der Waals surface area contributed by atoms with Crippen LogP contribution in [0.25, 0.3) is 0 Å². The maximum absolute atomic E-state index is 12.3. The van der Waals surface area contributed by atoms with Crippen molar-refractivity contribution in [1.82, 2.24) is 14.5 Å². The number of nitrogens with zero attached hydrogens (tertiary/aromatic N) is 2. The predicted molar refractivity (Wildman–Crippen MR) is 76.5 cm³/mol. The molecule has 1 aliphatic rings. The van der Waals surface area contributed by atoms with Gasteiger partial charge in [-0.25, -0.2) is 13.1 Å². The average Bonchev–Trinajstić information content (AvgIpc) is 3.12. The Balaban J connectivity index is 2.07. The molecule has 118 valence electrons. The Labute approximate surface area is 124 Å². The molecule has 0 aliphatic heterocycles. The van der Waals surface area contributed by atoms with Crippen LogP contribution in [0.2, 0.25) is 0 Å². The van der Waals surface area contributed by atoms with Crippen LogP contribution in [0.1, 0.15) is 37.1 Å². The van der Waals surface area contributed by atoms with Gasteiger partial charge >= 0.3 is 5.97 Å². The molecule has 1 saturated carbocycles. The maximum atomic E-state index is 12.3. The number of aromatic nitrogens is 2. The fraction of sp³-hybridized carbons (Fsp3) is 0.692. The fourth-order valence-corrected chi connectivity index (χ4v) is 3.91. The minimum atomic E-state index is -3.64. The lowest BCUT2D eigenvalue weighted by atomic mass is 10.2. The normalized spacial score (nSPS) is 15.3. The molecule has 1 heterocycles. The third-order valence-corrected chi connectivity index (χ3v) is 5.36. The molecule has 0 aromatic carbocycles. The van der Waals surface area contributed by atoms with Crippen LogP contribution in [0.3, 0.4) is 0 Å². The van der Waals surface area contributed by atoms with Gasteiger partial charge in [0.15, 0.2) is 0 Å². The van der Waals surface area contributed by atoms with Gasteiger partial charge in [-0.05, 0) is 32.6 Å². The molecule has 1 fully saturated rings. The number of aryl methyl sites for hydroxylation is 1.